The molecule has 0 saturated carbocycles. The molecule has 28 heavy (non-hydrogen) atoms. The highest BCUT2D eigenvalue weighted by atomic mass is 16.5. The van der Waals surface area contributed by atoms with Gasteiger partial charge in [-0.1, -0.05) is 30.3 Å². The zero-order valence-corrected chi connectivity index (χ0v) is 15.5. The number of anilines is 1. The summed E-state index contributed by atoms with van der Waals surface area (Å²) in [7, 11) is 1.90. The average Bonchev–Trinajstić information content (AvgIpc) is 2.76. The number of hydrogen-bond donors (Lipinski definition) is 1. The van der Waals surface area contributed by atoms with Gasteiger partial charge < -0.3 is 14.8 Å². The second-order valence-electron chi connectivity index (χ2n) is 6.19. The monoisotopic (exact) mass is 368 g/mol. The zero-order chi connectivity index (χ0) is 19.2. The molecule has 0 unspecified atom stereocenters. The fourth-order valence-electron chi connectivity index (χ4n) is 2.86. The van der Waals surface area contributed by atoms with Crippen LogP contribution in [0.15, 0.2) is 97.3 Å². The van der Waals surface area contributed by atoms with E-state index in [4.69, 9.17) is 9.47 Å². The van der Waals surface area contributed by atoms with Crippen molar-refractivity contribution in [3.63, 3.8) is 0 Å². The van der Waals surface area contributed by atoms with E-state index >= 15 is 0 Å². The van der Waals surface area contributed by atoms with E-state index in [1.165, 1.54) is 0 Å². The summed E-state index contributed by atoms with van der Waals surface area (Å²) in [4.78, 5) is 4.26. The highest BCUT2D eigenvalue weighted by Crippen LogP contribution is 2.34. The molecular formula is C24H20N2O2. The van der Waals surface area contributed by atoms with E-state index in [0.29, 0.717) is 0 Å². The van der Waals surface area contributed by atoms with Crippen LogP contribution < -0.4 is 14.8 Å². The van der Waals surface area contributed by atoms with E-state index in [1.54, 1.807) is 6.20 Å². The van der Waals surface area contributed by atoms with E-state index in [0.717, 1.165) is 39.8 Å². The lowest BCUT2D eigenvalue weighted by Gasteiger charge is -2.12. The maximum absolute atomic E-state index is 6.13. The lowest BCUT2D eigenvalue weighted by Crippen LogP contribution is -1.92. The predicted molar refractivity (Wildman–Crippen MR) is 112 cm³/mol. The standard InChI is InChI=1S/C24H20N2O2/c1-25-19-7-5-6-18(16-19)23-17-26-15-14-24(23)28-22-12-10-21(11-13-22)27-20-8-3-2-4-9-20/h2-17,25H,1H3. The van der Waals surface area contributed by atoms with Crippen LogP contribution in [0.4, 0.5) is 5.69 Å². The van der Waals surface area contributed by atoms with Gasteiger partial charge in [0.1, 0.15) is 23.0 Å². The van der Waals surface area contributed by atoms with Gasteiger partial charge >= 0.3 is 0 Å². The summed E-state index contributed by atoms with van der Waals surface area (Å²) in [6.45, 7) is 0. The van der Waals surface area contributed by atoms with E-state index in [-0.39, 0.29) is 0 Å². The van der Waals surface area contributed by atoms with Gasteiger partial charge in [-0.3, -0.25) is 4.98 Å². The first kappa shape index (κ1) is 17.6. The minimum atomic E-state index is 0.734. The Morgan fingerprint density at radius 1 is 0.714 bits per heavy atom. The largest absolute Gasteiger partial charge is 0.457 e. The van der Waals surface area contributed by atoms with Crippen molar-refractivity contribution in [1.82, 2.24) is 4.98 Å². The molecule has 4 nitrogen and oxygen atoms in total. The third-order valence-electron chi connectivity index (χ3n) is 4.27. The molecule has 1 N–H and O–H groups in total. The average molecular weight is 368 g/mol. The molecule has 0 saturated heterocycles. The van der Waals surface area contributed by atoms with Gasteiger partial charge in [0.25, 0.3) is 0 Å². The molecule has 0 fully saturated rings. The molecule has 1 aromatic heterocycles. The van der Waals surface area contributed by atoms with Crippen LogP contribution in [0, 0.1) is 0 Å². The SMILES string of the molecule is CNc1cccc(-c2cnccc2Oc2ccc(Oc3ccccc3)cc2)c1. The second kappa shape index (κ2) is 8.27. The third kappa shape index (κ3) is 4.13. The Labute approximate surface area is 164 Å². The van der Waals surface area contributed by atoms with Gasteiger partial charge in [-0.05, 0) is 60.2 Å². The molecule has 4 heteroatoms. The van der Waals surface area contributed by atoms with Crippen LogP contribution in [0.25, 0.3) is 11.1 Å². The van der Waals surface area contributed by atoms with Gasteiger partial charge in [-0.2, -0.15) is 0 Å². The number of aromatic nitrogens is 1. The van der Waals surface area contributed by atoms with Crippen molar-refractivity contribution in [1.29, 1.82) is 0 Å². The second-order valence-corrected chi connectivity index (χ2v) is 6.19. The van der Waals surface area contributed by atoms with Gasteiger partial charge in [0, 0.05) is 30.7 Å². The third-order valence-corrected chi connectivity index (χ3v) is 4.27. The quantitative estimate of drug-likeness (QED) is 0.429. The van der Waals surface area contributed by atoms with Gasteiger partial charge in [-0.25, -0.2) is 0 Å². The highest BCUT2D eigenvalue weighted by Gasteiger charge is 2.09. The maximum Gasteiger partial charge on any atom is 0.138 e. The fraction of sp³-hybridized carbons (Fsp3) is 0.0417. The van der Waals surface area contributed by atoms with Crippen LogP contribution in [-0.4, -0.2) is 12.0 Å². The van der Waals surface area contributed by atoms with E-state index in [1.807, 2.05) is 92.1 Å². The number of ether oxygens (including phenoxy) is 2. The molecule has 0 bridgehead atoms. The number of nitrogens with zero attached hydrogens (tertiary/aromatic N) is 1. The summed E-state index contributed by atoms with van der Waals surface area (Å²) in [6, 6.07) is 27.3. The van der Waals surface area contributed by atoms with Crippen LogP contribution in [0.3, 0.4) is 0 Å². The molecular weight excluding hydrogens is 348 g/mol. The molecule has 4 rings (SSSR count). The zero-order valence-electron chi connectivity index (χ0n) is 15.5. The topological polar surface area (TPSA) is 43.4 Å². The minimum Gasteiger partial charge on any atom is -0.457 e. The van der Waals surface area contributed by atoms with Crippen molar-refractivity contribution in [2.24, 2.45) is 0 Å². The summed E-state index contributed by atoms with van der Waals surface area (Å²) < 4.78 is 12.0. The molecule has 0 radical (unpaired) electrons. The normalized spacial score (nSPS) is 10.3. The lowest BCUT2D eigenvalue weighted by molar-refractivity contribution is 0.470. The Bertz CT molecular complexity index is 1050. The van der Waals surface area contributed by atoms with Crippen molar-refractivity contribution in [3.8, 4) is 34.1 Å². The summed E-state index contributed by atoms with van der Waals surface area (Å²) in [6.07, 6.45) is 3.55. The van der Waals surface area contributed by atoms with Crippen LogP contribution >= 0.6 is 0 Å². The molecule has 0 aliphatic rings. The number of para-hydroxylation sites is 1. The first-order valence-corrected chi connectivity index (χ1v) is 9.05. The van der Waals surface area contributed by atoms with Gasteiger partial charge in [0.2, 0.25) is 0 Å². The molecule has 0 aliphatic carbocycles. The maximum atomic E-state index is 6.13. The van der Waals surface area contributed by atoms with Gasteiger partial charge in [0.15, 0.2) is 0 Å². The van der Waals surface area contributed by atoms with E-state index in [9.17, 15) is 0 Å². The predicted octanol–water partition coefficient (Wildman–Crippen LogP) is 6.37. The van der Waals surface area contributed by atoms with Crippen LogP contribution in [0.5, 0.6) is 23.0 Å². The van der Waals surface area contributed by atoms with Gasteiger partial charge in [-0.15, -0.1) is 0 Å². The van der Waals surface area contributed by atoms with E-state index in [2.05, 4.69) is 16.4 Å². The summed E-state index contributed by atoms with van der Waals surface area (Å²) in [5.74, 6) is 3.05. The van der Waals surface area contributed by atoms with Crippen molar-refractivity contribution < 1.29 is 9.47 Å². The first-order valence-electron chi connectivity index (χ1n) is 9.05. The number of nitrogens with one attached hydrogen (secondary N) is 1. The Hall–Kier alpha value is -3.79. The van der Waals surface area contributed by atoms with Crippen LogP contribution in [0.1, 0.15) is 0 Å². The molecule has 4 aromatic rings. The van der Waals surface area contributed by atoms with Crippen LogP contribution in [0.2, 0.25) is 0 Å². The Balaban J connectivity index is 1.55. The first-order chi connectivity index (χ1) is 13.8. The number of rotatable bonds is 6. The Morgan fingerprint density at radius 3 is 2.18 bits per heavy atom. The number of pyridine rings is 1. The Kier molecular flexibility index (Phi) is 5.20. The smallest absolute Gasteiger partial charge is 0.138 e. The van der Waals surface area contributed by atoms with Crippen molar-refractivity contribution in [3.05, 3.63) is 97.3 Å². The number of hydrogen-bond acceptors (Lipinski definition) is 4. The molecule has 3 aromatic carbocycles. The molecule has 0 spiro atoms. The highest BCUT2D eigenvalue weighted by molar-refractivity contribution is 5.73. The van der Waals surface area contributed by atoms with Gasteiger partial charge in [0.05, 0.1) is 0 Å². The summed E-state index contributed by atoms with van der Waals surface area (Å²) >= 11 is 0. The van der Waals surface area contributed by atoms with Crippen molar-refractivity contribution >= 4 is 5.69 Å². The minimum absolute atomic E-state index is 0.734. The van der Waals surface area contributed by atoms with E-state index < -0.39 is 0 Å². The summed E-state index contributed by atoms with van der Waals surface area (Å²) in [5.41, 5.74) is 3.01. The molecule has 0 amide bonds. The van der Waals surface area contributed by atoms with Crippen molar-refractivity contribution in [2.75, 3.05) is 12.4 Å². The Morgan fingerprint density at radius 2 is 1.43 bits per heavy atom. The van der Waals surface area contributed by atoms with Crippen molar-refractivity contribution in [2.45, 2.75) is 0 Å². The molecule has 0 atom stereocenters. The fourth-order valence-corrected chi connectivity index (χ4v) is 2.86. The lowest BCUT2D eigenvalue weighted by atomic mass is 10.1. The summed E-state index contributed by atoms with van der Waals surface area (Å²) in [5, 5.41) is 3.16. The molecule has 0 aliphatic heterocycles. The van der Waals surface area contributed by atoms with Crippen LogP contribution in [-0.2, 0) is 0 Å². The molecule has 138 valence electrons. The number of benzene rings is 3. The molecule has 1 heterocycles.